The van der Waals surface area contributed by atoms with Crippen molar-refractivity contribution >= 4 is 5.97 Å². The summed E-state index contributed by atoms with van der Waals surface area (Å²) in [6.45, 7) is 3.66. The minimum absolute atomic E-state index is 0.179. The zero-order chi connectivity index (χ0) is 11.6. The van der Waals surface area contributed by atoms with E-state index in [0.717, 1.165) is 13.2 Å². The van der Waals surface area contributed by atoms with Crippen LogP contribution in [0.3, 0.4) is 0 Å². The Hall–Kier alpha value is -0.570. The Balaban J connectivity index is 2.02. The van der Waals surface area contributed by atoms with E-state index in [0.29, 0.717) is 12.3 Å². The van der Waals surface area contributed by atoms with Crippen molar-refractivity contribution in [2.45, 2.75) is 45.4 Å². The van der Waals surface area contributed by atoms with Gasteiger partial charge in [-0.05, 0) is 24.7 Å². The van der Waals surface area contributed by atoms with E-state index in [2.05, 4.69) is 6.92 Å². The molecular weight excluding hydrogens is 204 g/mol. The van der Waals surface area contributed by atoms with Crippen LogP contribution in [0.5, 0.6) is 0 Å². The van der Waals surface area contributed by atoms with E-state index in [1.54, 1.807) is 0 Å². The second kappa shape index (κ2) is 4.74. The summed E-state index contributed by atoms with van der Waals surface area (Å²) in [5.74, 6) is 0.279. The first kappa shape index (κ1) is 11.9. The molecule has 0 bridgehead atoms. The van der Waals surface area contributed by atoms with Crippen LogP contribution in [0.15, 0.2) is 0 Å². The summed E-state index contributed by atoms with van der Waals surface area (Å²) in [4.78, 5) is 10.8. The maximum atomic E-state index is 10.8. The number of rotatable bonds is 4. The predicted octanol–water partition coefficient (Wildman–Crippen LogP) is 2.69. The highest BCUT2D eigenvalue weighted by molar-refractivity contribution is 5.67. The van der Waals surface area contributed by atoms with Crippen LogP contribution in [0, 0.1) is 17.3 Å². The van der Waals surface area contributed by atoms with Crippen molar-refractivity contribution in [3.8, 4) is 0 Å². The molecule has 0 aromatic rings. The Morgan fingerprint density at radius 2 is 2.00 bits per heavy atom. The van der Waals surface area contributed by atoms with Crippen LogP contribution in [0.25, 0.3) is 0 Å². The first-order chi connectivity index (χ1) is 7.65. The van der Waals surface area contributed by atoms with Gasteiger partial charge in [-0.1, -0.05) is 26.2 Å². The van der Waals surface area contributed by atoms with Gasteiger partial charge in [0, 0.05) is 11.8 Å². The number of carboxylic acid groups (broad SMARTS) is 1. The third-order valence-corrected chi connectivity index (χ3v) is 4.62. The lowest BCUT2D eigenvalue weighted by Crippen LogP contribution is -2.53. The Morgan fingerprint density at radius 1 is 1.38 bits per heavy atom. The van der Waals surface area contributed by atoms with E-state index < -0.39 is 5.97 Å². The Bertz CT molecular complexity index is 252. The molecule has 1 saturated carbocycles. The summed E-state index contributed by atoms with van der Waals surface area (Å²) in [6.07, 6.45) is 6.81. The van der Waals surface area contributed by atoms with Crippen LogP contribution in [-0.2, 0) is 9.53 Å². The largest absolute Gasteiger partial charge is 0.481 e. The van der Waals surface area contributed by atoms with Gasteiger partial charge >= 0.3 is 5.97 Å². The minimum atomic E-state index is -0.672. The lowest BCUT2D eigenvalue weighted by molar-refractivity contribution is -0.186. The molecule has 3 heteroatoms. The minimum Gasteiger partial charge on any atom is -0.481 e. The van der Waals surface area contributed by atoms with Crippen LogP contribution >= 0.6 is 0 Å². The fourth-order valence-electron chi connectivity index (χ4n) is 3.40. The van der Waals surface area contributed by atoms with Crippen molar-refractivity contribution < 1.29 is 14.6 Å². The molecular formula is C13H22O3. The molecule has 1 N–H and O–H groups in total. The summed E-state index contributed by atoms with van der Waals surface area (Å²) in [7, 11) is 0. The third kappa shape index (κ3) is 2.10. The van der Waals surface area contributed by atoms with E-state index in [4.69, 9.17) is 9.84 Å². The van der Waals surface area contributed by atoms with Crippen molar-refractivity contribution in [1.29, 1.82) is 0 Å². The standard InChI is InChI=1S/C13H22O3/c1-10(7-12(14)15)13(8-16-9-13)11-5-3-2-4-6-11/h10-11H,2-9H2,1H3,(H,14,15). The van der Waals surface area contributed by atoms with Crippen molar-refractivity contribution in [1.82, 2.24) is 0 Å². The van der Waals surface area contributed by atoms with Gasteiger partial charge in [-0.25, -0.2) is 0 Å². The number of ether oxygens (including phenoxy) is 1. The molecule has 0 spiro atoms. The highest BCUT2D eigenvalue weighted by Crippen LogP contribution is 2.49. The molecule has 0 aromatic heterocycles. The van der Waals surface area contributed by atoms with E-state index in [-0.39, 0.29) is 11.3 Å². The van der Waals surface area contributed by atoms with Crippen LogP contribution < -0.4 is 0 Å². The van der Waals surface area contributed by atoms with E-state index in [9.17, 15) is 4.79 Å². The van der Waals surface area contributed by atoms with Crippen molar-refractivity contribution in [3.63, 3.8) is 0 Å². The molecule has 16 heavy (non-hydrogen) atoms. The number of carboxylic acids is 1. The first-order valence-electron chi connectivity index (χ1n) is 6.45. The average Bonchev–Trinajstić information content (AvgIpc) is 2.16. The topological polar surface area (TPSA) is 46.5 Å². The first-order valence-corrected chi connectivity index (χ1v) is 6.45. The monoisotopic (exact) mass is 226 g/mol. The van der Waals surface area contributed by atoms with Crippen LogP contribution in [0.2, 0.25) is 0 Å². The van der Waals surface area contributed by atoms with Crippen molar-refractivity contribution in [2.75, 3.05) is 13.2 Å². The highest BCUT2D eigenvalue weighted by atomic mass is 16.5. The van der Waals surface area contributed by atoms with Crippen molar-refractivity contribution in [3.05, 3.63) is 0 Å². The van der Waals surface area contributed by atoms with Crippen LogP contribution in [0.4, 0.5) is 0 Å². The Kier molecular flexibility index (Phi) is 3.53. The van der Waals surface area contributed by atoms with Gasteiger partial charge in [0.05, 0.1) is 13.2 Å². The van der Waals surface area contributed by atoms with E-state index >= 15 is 0 Å². The number of carbonyl (C=O) groups is 1. The van der Waals surface area contributed by atoms with Gasteiger partial charge in [-0.2, -0.15) is 0 Å². The summed E-state index contributed by atoms with van der Waals surface area (Å²) < 4.78 is 5.40. The van der Waals surface area contributed by atoms with Gasteiger partial charge < -0.3 is 9.84 Å². The quantitative estimate of drug-likeness (QED) is 0.801. The van der Waals surface area contributed by atoms with Crippen molar-refractivity contribution in [2.24, 2.45) is 17.3 Å². The molecule has 2 fully saturated rings. The fourth-order valence-corrected chi connectivity index (χ4v) is 3.40. The van der Waals surface area contributed by atoms with Crippen LogP contribution in [0.1, 0.15) is 45.4 Å². The SMILES string of the molecule is CC(CC(=O)O)C1(C2CCCCC2)COC1. The smallest absolute Gasteiger partial charge is 0.303 e. The average molecular weight is 226 g/mol. The highest BCUT2D eigenvalue weighted by Gasteiger charge is 2.49. The molecule has 92 valence electrons. The molecule has 1 atom stereocenters. The maximum absolute atomic E-state index is 10.8. The summed E-state index contributed by atoms with van der Waals surface area (Å²) in [5.41, 5.74) is 0.179. The van der Waals surface area contributed by atoms with Gasteiger partial charge in [-0.15, -0.1) is 0 Å². The molecule has 1 aliphatic carbocycles. The normalized spacial score (nSPS) is 27.1. The lowest BCUT2D eigenvalue weighted by atomic mass is 9.60. The third-order valence-electron chi connectivity index (χ3n) is 4.62. The summed E-state index contributed by atoms with van der Waals surface area (Å²) in [6, 6.07) is 0. The zero-order valence-corrected chi connectivity index (χ0v) is 10.1. The fraction of sp³-hybridized carbons (Fsp3) is 0.923. The zero-order valence-electron chi connectivity index (χ0n) is 10.1. The molecule has 2 rings (SSSR count). The summed E-state index contributed by atoms with van der Waals surface area (Å²) >= 11 is 0. The van der Waals surface area contributed by atoms with Gasteiger partial charge in [-0.3, -0.25) is 4.79 Å². The van der Waals surface area contributed by atoms with E-state index in [1.165, 1.54) is 32.1 Å². The second-order valence-electron chi connectivity index (χ2n) is 5.56. The molecule has 1 aliphatic heterocycles. The van der Waals surface area contributed by atoms with Gasteiger partial charge in [0.25, 0.3) is 0 Å². The van der Waals surface area contributed by atoms with Gasteiger partial charge in [0.15, 0.2) is 0 Å². The van der Waals surface area contributed by atoms with Crippen LogP contribution in [-0.4, -0.2) is 24.3 Å². The van der Waals surface area contributed by atoms with Gasteiger partial charge in [0.2, 0.25) is 0 Å². The number of hydrogen-bond donors (Lipinski definition) is 1. The Morgan fingerprint density at radius 3 is 2.44 bits per heavy atom. The molecule has 3 nitrogen and oxygen atoms in total. The molecule has 0 radical (unpaired) electrons. The lowest BCUT2D eigenvalue weighted by Gasteiger charge is -2.52. The molecule has 0 aromatic carbocycles. The Labute approximate surface area is 97.2 Å². The second-order valence-corrected chi connectivity index (χ2v) is 5.56. The van der Waals surface area contributed by atoms with Gasteiger partial charge in [0.1, 0.15) is 0 Å². The molecule has 2 aliphatic rings. The number of aliphatic carboxylic acids is 1. The molecule has 0 amide bonds. The molecule has 1 unspecified atom stereocenters. The predicted molar refractivity (Wildman–Crippen MR) is 61.2 cm³/mol. The van der Waals surface area contributed by atoms with E-state index in [1.807, 2.05) is 0 Å². The number of hydrogen-bond acceptors (Lipinski definition) is 2. The summed E-state index contributed by atoms with van der Waals surface area (Å²) in [5, 5.41) is 8.92. The maximum Gasteiger partial charge on any atom is 0.303 e. The molecule has 1 saturated heterocycles. The molecule has 1 heterocycles.